The fourth-order valence-electron chi connectivity index (χ4n) is 3.38. The highest BCUT2D eigenvalue weighted by Crippen LogP contribution is 2.20. The molecule has 0 amide bonds. The Morgan fingerprint density at radius 3 is 2.74 bits per heavy atom. The van der Waals surface area contributed by atoms with Gasteiger partial charge >= 0.3 is 0 Å². The molecule has 1 saturated heterocycles. The average Bonchev–Trinajstić information content (AvgIpc) is 2.96. The van der Waals surface area contributed by atoms with E-state index in [0.717, 1.165) is 19.6 Å². The molecule has 1 aromatic carbocycles. The number of likely N-dealkylation sites (tertiary alicyclic amines) is 1. The second-order valence-electron chi connectivity index (χ2n) is 6.68. The summed E-state index contributed by atoms with van der Waals surface area (Å²) in [5.74, 6) is 0. The summed E-state index contributed by atoms with van der Waals surface area (Å²) < 4.78 is 2.06. The van der Waals surface area contributed by atoms with Gasteiger partial charge < -0.3 is 9.88 Å². The van der Waals surface area contributed by atoms with E-state index in [1.165, 1.54) is 42.6 Å². The number of aryl methyl sites for hydroxylation is 1. The molecule has 4 heteroatoms. The van der Waals surface area contributed by atoms with Crippen molar-refractivity contribution >= 4 is 0 Å². The molecule has 0 bridgehead atoms. The van der Waals surface area contributed by atoms with Crippen molar-refractivity contribution in [3.05, 3.63) is 53.6 Å². The number of rotatable bonds is 6. The van der Waals surface area contributed by atoms with Gasteiger partial charge in [-0.15, -0.1) is 0 Å². The Bertz CT molecular complexity index is 619. The molecule has 1 atom stereocenters. The molecule has 0 unspecified atom stereocenters. The van der Waals surface area contributed by atoms with Crippen LogP contribution in [0.5, 0.6) is 0 Å². The van der Waals surface area contributed by atoms with Gasteiger partial charge in [0.1, 0.15) is 0 Å². The first-order chi connectivity index (χ1) is 11.2. The molecule has 2 aromatic rings. The zero-order valence-corrected chi connectivity index (χ0v) is 14.3. The van der Waals surface area contributed by atoms with Gasteiger partial charge in [0.2, 0.25) is 0 Å². The van der Waals surface area contributed by atoms with Crippen LogP contribution in [0.3, 0.4) is 0 Å². The van der Waals surface area contributed by atoms with E-state index in [1.807, 2.05) is 19.6 Å². The van der Waals surface area contributed by atoms with E-state index in [-0.39, 0.29) is 0 Å². The van der Waals surface area contributed by atoms with Crippen LogP contribution in [-0.2, 0) is 26.7 Å². The molecule has 0 spiro atoms. The highest BCUT2D eigenvalue weighted by atomic mass is 15.2. The van der Waals surface area contributed by atoms with Crippen LogP contribution in [0, 0.1) is 0 Å². The van der Waals surface area contributed by atoms with Gasteiger partial charge in [-0.3, -0.25) is 4.90 Å². The minimum Gasteiger partial charge on any atom is -0.337 e. The molecule has 23 heavy (non-hydrogen) atoms. The molecule has 1 fully saturated rings. The van der Waals surface area contributed by atoms with Gasteiger partial charge in [0, 0.05) is 38.9 Å². The Balaban J connectivity index is 1.60. The number of hydrogen-bond donors (Lipinski definition) is 1. The van der Waals surface area contributed by atoms with Crippen molar-refractivity contribution in [1.29, 1.82) is 0 Å². The highest BCUT2D eigenvalue weighted by Gasteiger charge is 2.18. The van der Waals surface area contributed by atoms with E-state index in [2.05, 4.69) is 51.0 Å². The third kappa shape index (κ3) is 4.21. The molecule has 1 aromatic heterocycles. The van der Waals surface area contributed by atoms with Crippen LogP contribution in [0.1, 0.15) is 43.0 Å². The number of piperidine rings is 1. The summed E-state index contributed by atoms with van der Waals surface area (Å²) in [4.78, 5) is 6.80. The molecule has 124 valence electrons. The zero-order chi connectivity index (χ0) is 16.1. The maximum atomic E-state index is 4.17. The molecule has 0 radical (unpaired) electrons. The van der Waals surface area contributed by atoms with Crippen molar-refractivity contribution in [2.45, 2.75) is 51.9 Å². The van der Waals surface area contributed by atoms with Crippen molar-refractivity contribution in [2.75, 3.05) is 6.54 Å². The Morgan fingerprint density at radius 2 is 2.00 bits per heavy atom. The minimum atomic E-state index is 0.708. The van der Waals surface area contributed by atoms with Crippen molar-refractivity contribution in [3.8, 4) is 0 Å². The third-order valence-corrected chi connectivity index (χ3v) is 4.97. The molecule has 0 saturated carbocycles. The first-order valence-electron chi connectivity index (χ1n) is 8.71. The van der Waals surface area contributed by atoms with Crippen LogP contribution in [-0.4, -0.2) is 27.0 Å². The second-order valence-corrected chi connectivity index (χ2v) is 6.68. The number of aromatic nitrogens is 2. The van der Waals surface area contributed by atoms with E-state index in [0.29, 0.717) is 6.04 Å². The average molecular weight is 312 g/mol. The molecule has 1 aliphatic rings. The van der Waals surface area contributed by atoms with Gasteiger partial charge in [-0.1, -0.05) is 30.7 Å². The fourth-order valence-corrected chi connectivity index (χ4v) is 3.38. The predicted molar refractivity (Wildman–Crippen MR) is 93.9 cm³/mol. The lowest BCUT2D eigenvalue weighted by Crippen LogP contribution is -2.37. The fraction of sp³-hybridized carbons (Fsp3) is 0.526. The predicted octanol–water partition coefficient (Wildman–Crippen LogP) is 3.08. The smallest absolute Gasteiger partial charge is 0.0945 e. The van der Waals surface area contributed by atoms with Gasteiger partial charge in [-0.25, -0.2) is 4.98 Å². The lowest BCUT2D eigenvalue weighted by molar-refractivity contribution is 0.152. The molecule has 1 N–H and O–H groups in total. The molecule has 3 rings (SSSR count). The summed E-state index contributed by atoms with van der Waals surface area (Å²) in [6.45, 7) is 6.43. The van der Waals surface area contributed by atoms with Crippen LogP contribution in [0.2, 0.25) is 0 Å². The second kappa shape index (κ2) is 7.75. The molecule has 4 nitrogen and oxygen atoms in total. The zero-order valence-electron chi connectivity index (χ0n) is 14.3. The number of benzene rings is 1. The van der Waals surface area contributed by atoms with Crippen LogP contribution < -0.4 is 5.32 Å². The van der Waals surface area contributed by atoms with E-state index < -0.39 is 0 Å². The summed E-state index contributed by atoms with van der Waals surface area (Å²) in [5, 5.41) is 3.55. The van der Waals surface area contributed by atoms with Gasteiger partial charge in [-0.05, 0) is 37.4 Å². The van der Waals surface area contributed by atoms with E-state index in [1.54, 1.807) is 0 Å². The lowest BCUT2D eigenvalue weighted by atomic mass is 10.0. The number of nitrogens with one attached hydrogen (secondary N) is 1. The molecule has 1 aliphatic heterocycles. The maximum Gasteiger partial charge on any atom is 0.0945 e. The summed E-state index contributed by atoms with van der Waals surface area (Å²) in [5.41, 5.74) is 4.08. The number of imidazole rings is 1. The van der Waals surface area contributed by atoms with Gasteiger partial charge in [0.05, 0.1) is 12.0 Å². The van der Waals surface area contributed by atoms with Gasteiger partial charge in [-0.2, -0.15) is 0 Å². The maximum absolute atomic E-state index is 4.17. The highest BCUT2D eigenvalue weighted by molar-refractivity contribution is 5.27. The van der Waals surface area contributed by atoms with E-state index >= 15 is 0 Å². The Hall–Kier alpha value is -1.65. The Kier molecular flexibility index (Phi) is 5.47. The molecule has 2 heterocycles. The summed E-state index contributed by atoms with van der Waals surface area (Å²) >= 11 is 0. The molecular weight excluding hydrogens is 284 g/mol. The summed E-state index contributed by atoms with van der Waals surface area (Å²) in [6, 6.07) is 9.54. The van der Waals surface area contributed by atoms with E-state index in [9.17, 15) is 0 Å². The summed E-state index contributed by atoms with van der Waals surface area (Å²) in [6.07, 6.45) is 7.83. The van der Waals surface area contributed by atoms with Crippen molar-refractivity contribution in [3.63, 3.8) is 0 Å². The number of nitrogens with zero attached hydrogens (tertiary/aromatic N) is 3. The largest absolute Gasteiger partial charge is 0.337 e. The lowest BCUT2D eigenvalue weighted by Gasteiger charge is -2.33. The molecule has 0 aliphatic carbocycles. The van der Waals surface area contributed by atoms with Gasteiger partial charge in [0.25, 0.3) is 0 Å². The quantitative estimate of drug-likeness (QED) is 0.890. The van der Waals surface area contributed by atoms with Crippen LogP contribution in [0.25, 0.3) is 0 Å². The van der Waals surface area contributed by atoms with Crippen molar-refractivity contribution in [2.24, 2.45) is 7.05 Å². The third-order valence-electron chi connectivity index (χ3n) is 4.97. The van der Waals surface area contributed by atoms with Crippen LogP contribution in [0.15, 0.2) is 36.8 Å². The summed E-state index contributed by atoms with van der Waals surface area (Å²) in [7, 11) is 2.04. The number of hydrogen-bond acceptors (Lipinski definition) is 3. The SMILES string of the molecule is C[C@H]1CCCCN1Cc1ccccc1CNCc1cncn1C. The first-order valence-corrected chi connectivity index (χ1v) is 8.71. The minimum absolute atomic E-state index is 0.708. The van der Waals surface area contributed by atoms with Crippen LogP contribution in [0.4, 0.5) is 0 Å². The standard InChI is InChI=1S/C19H28N4/c1-16-7-5-6-10-23(16)14-18-9-4-3-8-17(18)11-20-12-19-13-21-15-22(19)2/h3-4,8-9,13,15-16,20H,5-7,10-12,14H2,1-2H3/t16-/m0/s1. The Labute approximate surface area is 139 Å². The van der Waals surface area contributed by atoms with Crippen LogP contribution >= 0.6 is 0 Å². The van der Waals surface area contributed by atoms with E-state index in [4.69, 9.17) is 0 Å². The first kappa shape index (κ1) is 16.2. The topological polar surface area (TPSA) is 33.1 Å². The van der Waals surface area contributed by atoms with Gasteiger partial charge in [0.15, 0.2) is 0 Å². The Morgan fingerprint density at radius 1 is 1.17 bits per heavy atom. The van der Waals surface area contributed by atoms with Crippen molar-refractivity contribution in [1.82, 2.24) is 19.8 Å². The molecular formula is C19H28N4. The normalized spacial score (nSPS) is 19.1. The monoisotopic (exact) mass is 312 g/mol. The van der Waals surface area contributed by atoms with Crippen molar-refractivity contribution < 1.29 is 0 Å².